The maximum Gasteiger partial charge on any atom is 0.330 e. The van der Waals surface area contributed by atoms with Gasteiger partial charge in [0, 0.05) is 22.8 Å². The summed E-state index contributed by atoms with van der Waals surface area (Å²) in [5.74, 6) is 1.29. The van der Waals surface area contributed by atoms with Crippen LogP contribution in [0.5, 0.6) is 28.7 Å². The number of carbonyl (C=O) groups is 2. The molecule has 2 aliphatic rings. The van der Waals surface area contributed by atoms with Crippen LogP contribution in [0.15, 0.2) is 30.3 Å². The minimum atomic E-state index is -0.534. The normalized spacial score (nSPS) is 13.6. The summed E-state index contributed by atoms with van der Waals surface area (Å²) in [6.45, 7) is 2.07. The second-order valence-corrected chi connectivity index (χ2v) is 6.09. The van der Waals surface area contributed by atoms with Crippen molar-refractivity contribution in [1.29, 1.82) is 0 Å². The standard InChI is InChI=1S/C21H18O8/c1-3-25-18(22)7-5-13-14(9-17-21(20(13)24-2)29-11-28-17)19(23)12-4-6-15-16(8-12)27-10-26-15/h4-9H,3,10-11H2,1-2H3/b7-5+. The third-order valence-corrected chi connectivity index (χ3v) is 4.41. The molecule has 0 N–H and O–H groups in total. The summed E-state index contributed by atoms with van der Waals surface area (Å²) in [5, 5.41) is 0. The van der Waals surface area contributed by atoms with Crippen LogP contribution in [0.2, 0.25) is 0 Å². The van der Waals surface area contributed by atoms with Crippen molar-refractivity contribution in [3.05, 3.63) is 47.0 Å². The summed E-state index contributed by atoms with van der Waals surface area (Å²) >= 11 is 0. The largest absolute Gasteiger partial charge is 0.492 e. The Hall–Kier alpha value is -3.68. The molecule has 0 aliphatic carbocycles. The number of esters is 1. The number of benzene rings is 2. The van der Waals surface area contributed by atoms with Crippen LogP contribution in [0.1, 0.15) is 28.4 Å². The molecule has 2 heterocycles. The molecule has 0 saturated heterocycles. The Kier molecular flexibility index (Phi) is 4.99. The van der Waals surface area contributed by atoms with Gasteiger partial charge in [-0.1, -0.05) is 0 Å². The molecule has 2 aromatic carbocycles. The lowest BCUT2D eigenvalue weighted by Crippen LogP contribution is -2.06. The smallest absolute Gasteiger partial charge is 0.330 e. The van der Waals surface area contributed by atoms with Gasteiger partial charge in [-0.3, -0.25) is 4.79 Å². The number of rotatable bonds is 6. The van der Waals surface area contributed by atoms with Crippen LogP contribution < -0.4 is 23.7 Å². The topological polar surface area (TPSA) is 89.5 Å². The molecule has 0 saturated carbocycles. The molecular weight excluding hydrogens is 380 g/mol. The van der Waals surface area contributed by atoms with Gasteiger partial charge in [0.05, 0.1) is 13.7 Å². The highest BCUT2D eigenvalue weighted by Gasteiger charge is 2.28. The predicted molar refractivity (Wildman–Crippen MR) is 101 cm³/mol. The fourth-order valence-electron chi connectivity index (χ4n) is 3.12. The van der Waals surface area contributed by atoms with Gasteiger partial charge in [-0.05, 0) is 37.3 Å². The number of hydrogen-bond acceptors (Lipinski definition) is 8. The lowest BCUT2D eigenvalue weighted by atomic mass is 9.96. The summed E-state index contributed by atoms with van der Waals surface area (Å²) in [6, 6.07) is 6.50. The van der Waals surface area contributed by atoms with Crippen LogP contribution in [0.4, 0.5) is 0 Å². The van der Waals surface area contributed by atoms with Crippen molar-refractivity contribution in [2.45, 2.75) is 6.92 Å². The third kappa shape index (κ3) is 3.44. The summed E-state index contributed by atoms with van der Waals surface area (Å²) < 4.78 is 32.0. The van der Waals surface area contributed by atoms with Gasteiger partial charge in [-0.25, -0.2) is 4.79 Å². The monoisotopic (exact) mass is 398 g/mol. The molecule has 0 fully saturated rings. The first-order valence-electron chi connectivity index (χ1n) is 8.92. The third-order valence-electron chi connectivity index (χ3n) is 4.41. The van der Waals surface area contributed by atoms with Gasteiger partial charge in [0.1, 0.15) is 0 Å². The van der Waals surface area contributed by atoms with Crippen LogP contribution in [-0.4, -0.2) is 39.1 Å². The van der Waals surface area contributed by atoms with E-state index in [1.54, 1.807) is 31.2 Å². The summed E-state index contributed by atoms with van der Waals surface area (Å²) in [6.07, 6.45) is 2.71. The van der Waals surface area contributed by atoms with Crippen LogP contribution in [0.3, 0.4) is 0 Å². The lowest BCUT2D eigenvalue weighted by molar-refractivity contribution is -0.137. The second kappa shape index (κ2) is 7.75. The molecule has 2 aliphatic heterocycles. The summed E-state index contributed by atoms with van der Waals surface area (Å²) in [7, 11) is 1.45. The molecule has 8 nitrogen and oxygen atoms in total. The van der Waals surface area contributed by atoms with E-state index in [2.05, 4.69) is 0 Å². The Labute approximate surface area is 166 Å². The van der Waals surface area contributed by atoms with E-state index in [-0.39, 0.29) is 31.5 Å². The highest BCUT2D eigenvalue weighted by atomic mass is 16.7. The van der Waals surface area contributed by atoms with Crippen molar-refractivity contribution in [2.24, 2.45) is 0 Å². The molecule has 0 aromatic heterocycles. The van der Waals surface area contributed by atoms with Gasteiger partial charge in [0.25, 0.3) is 0 Å². The molecule has 2 aromatic rings. The van der Waals surface area contributed by atoms with E-state index < -0.39 is 5.97 Å². The maximum atomic E-state index is 13.3. The molecule has 0 amide bonds. The molecule has 4 rings (SSSR count). The van der Waals surface area contributed by atoms with Gasteiger partial charge in [0.15, 0.2) is 28.8 Å². The van der Waals surface area contributed by atoms with Gasteiger partial charge in [-0.2, -0.15) is 0 Å². The van der Waals surface area contributed by atoms with E-state index in [1.807, 2.05) is 0 Å². The lowest BCUT2D eigenvalue weighted by Gasteiger charge is -2.13. The van der Waals surface area contributed by atoms with Crippen molar-refractivity contribution in [1.82, 2.24) is 0 Å². The zero-order valence-corrected chi connectivity index (χ0v) is 15.9. The van der Waals surface area contributed by atoms with E-state index in [9.17, 15) is 9.59 Å². The zero-order valence-electron chi connectivity index (χ0n) is 15.9. The van der Waals surface area contributed by atoms with E-state index in [0.29, 0.717) is 39.9 Å². The van der Waals surface area contributed by atoms with E-state index in [4.69, 9.17) is 28.4 Å². The van der Waals surface area contributed by atoms with Crippen molar-refractivity contribution in [2.75, 3.05) is 27.3 Å². The number of fused-ring (bicyclic) bond motifs is 2. The summed E-state index contributed by atoms with van der Waals surface area (Å²) in [4.78, 5) is 25.1. The maximum absolute atomic E-state index is 13.3. The SMILES string of the molecule is CCOC(=O)/C=C/c1c(C(=O)c2ccc3c(c2)OCO3)cc2c(c1OC)OCO2. The molecule has 8 heteroatoms. The zero-order chi connectivity index (χ0) is 20.4. The Morgan fingerprint density at radius 1 is 1.03 bits per heavy atom. The van der Waals surface area contributed by atoms with Crippen LogP contribution in [0.25, 0.3) is 6.08 Å². The molecule has 0 radical (unpaired) electrons. The van der Waals surface area contributed by atoms with Gasteiger partial charge >= 0.3 is 5.97 Å². The fourth-order valence-corrected chi connectivity index (χ4v) is 3.12. The highest BCUT2D eigenvalue weighted by molar-refractivity contribution is 6.13. The Balaban J connectivity index is 1.81. The minimum absolute atomic E-state index is 0.00833. The number of carbonyl (C=O) groups excluding carboxylic acids is 2. The van der Waals surface area contributed by atoms with Crippen LogP contribution in [0, 0.1) is 0 Å². The predicted octanol–water partition coefficient (Wildman–Crippen LogP) is 2.96. The second-order valence-electron chi connectivity index (χ2n) is 6.09. The van der Waals surface area contributed by atoms with Gasteiger partial charge in [-0.15, -0.1) is 0 Å². The van der Waals surface area contributed by atoms with E-state index in [1.165, 1.54) is 19.3 Å². The number of hydrogen-bond donors (Lipinski definition) is 0. The average molecular weight is 398 g/mol. The van der Waals surface area contributed by atoms with Crippen molar-refractivity contribution in [3.8, 4) is 28.7 Å². The van der Waals surface area contributed by atoms with Crippen molar-refractivity contribution in [3.63, 3.8) is 0 Å². The van der Waals surface area contributed by atoms with Crippen LogP contribution in [-0.2, 0) is 9.53 Å². The molecular formula is C21H18O8. The number of methoxy groups -OCH3 is 1. The first-order valence-corrected chi connectivity index (χ1v) is 8.92. The Morgan fingerprint density at radius 3 is 2.59 bits per heavy atom. The van der Waals surface area contributed by atoms with Gasteiger partial charge < -0.3 is 28.4 Å². The molecule has 150 valence electrons. The molecule has 0 unspecified atom stereocenters. The highest BCUT2D eigenvalue weighted by Crippen LogP contribution is 2.46. The Morgan fingerprint density at radius 2 is 1.79 bits per heavy atom. The minimum Gasteiger partial charge on any atom is -0.492 e. The quantitative estimate of drug-likeness (QED) is 0.417. The van der Waals surface area contributed by atoms with Crippen molar-refractivity contribution < 1.29 is 38.0 Å². The average Bonchev–Trinajstić information content (AvgIpc) is 3.39. The molecule has 0 spiro atoms. The molecule has 0 atom stereocenters. The number of ether oxygens (including phenoxy) is 6. The molecule has 0 bridgehead atoms. The van der Waals surface area contributed by atoms with E-state index in [0.717, 1.165) is 0 Å². The van der Waals surface area contributed by atoms with Crippen molar-refractivity contribution >= 4 is 17.8 Å². The fraction of sp³-hybridized carbons (Fsp3) is 0.238. The molecule has 29 heavy (non-hydrogen) atoms. The first-order chi connectivity index (χ1) is 14.1. The number of ketones is 1. The van der Waals surface area contributed by atoms with E-state index >= 15 is 0 Å². The van der Waals surface area contributed by atoms with Crippen LogP contribution >= 0.6 is 0 Å². The Bertz CT molecular complexity index is 1010. The first kappa shape index (κ1) is 18.7. The van der Waals surface area contributed by atoms with Gasteiger partial charge in [0.2, 0.25) is 19.3 Å². The summed E-state index contributed by atoms with van der Waals surface area (Å²) in [5.41, 5.74) is 1.05.